The van der Waals surface area contributed by atoms with Crippen LogP contribution in [-0.2, 0) is 19.2 Å². The Morgan fingerprint density at radius 2 is 1.78 bits per heavy atom. The maximum atomic E-state index is 12.2. The molecule has 1 atom stereocenters. The minimum absolute atomic E-state index is 0.107. The highest BCUT2D eigenvalue weighted by atomic mass is 16.7. The molecule has 0 aliphatic carbocycles. The van der Waals surface area contributed by atoms with Gasteiger partial charge in [0.25, 0.3) is 5.91 Å². The van der Waals surface area contributed by atoms with Gasteiger partial charge in [-0.05, 0) is 37.5 Å². The van der Waals surface area contributed by atoms with E-state index in [2.05, 4.69) is 20.8 Å². The van der Waals surface area contributed by atoms with Gasteiger partial charge in [0.05, 0.1) is 6.04 Å². The third kappa shape index (κ3) is 4.45. The van der Waals surface area contributed by atoms with Gasteiger partial charge in [0.1, 0.15) is 6.42 Å². The summed E-state index contributed by atoms with van der Waals surface area (Å²) in [6.45, 7) is 9.87. The monoisotopic (exact) mass is 324 g/mol. The summed E-state index contributed by atoms with van der Waals surface area (Å²) in [7, 11) is 0. The number of hydrogen-bond acceptors (Lipinski definition) is 4. The van der Waals surface area contributed by atoms with Crippen LogP contribution in [0.5, 0.6) is 0 Å². The number of carbonyl (C=O) groups is 3. The van der Waals surface area contributed by atoms with Gasteiger partial charge < -0.3 is 9.74 Å². The molecule has 2 fully saturated rings. The van der Waals surface area contributed by atoms with E-state index in [1.165, 1.54) is 0 Å². The van der Waals surface area contributed by atoms with Gasteiger partial charge in [-0.25, -0.2) is 4.79 Å². The zero-order valence-electron chi connectivity index (χ0n) is 14.6. The highest BCUT2D eigenvalue weighted by molar-refractivity contribution is 5.94. The normalized spacial score (nSPS) is 23.3. The molecule has 2 aliphatic rings. The van der Waals surface area contributed by atoms with Crippen molar-refractivity contribution >= 4 is 17.8 Å². The summed E-state index contributed by atoms with van der Waals surface area (Å²) in [4.78, 5) is 42.5. The molecule has 2 heterocycles. The lowest BCUT2D eigenvalue weighted by atomic mass is 9.75. The van der Waals surface area contributed by atoms with Crippen LogP contribution >= 0.6 is 0 Å². The number of piperidine rings is 1. The maximum Gasteiger partial charge on any atom is 0.341 e. The summed E-state index contributed by atoms with van der Waals surface area (Å²) >= 11 is 0. The minimum atomic E-state index is -0.643. The fraction of sp³-hybridized carbons (Fsp3) is 0.824. The van der Waals surface area contributed by atoms with Gasteiger partial charge in [-0.1, -0.05) is 20.8 Å². The van der Waals surface area contributed by atoms with Crippen LogP contribution in [0.4, 0.5) is 0 Å². The van der Waals surface area contributed by atoms with E-state index in [0.29, 0.717) is 31.8 Å². The summed E-state index contributed by atoms with van der Waals surface area (Å²) in [6.07, 6.45) is 2.71. The molecule has 0 N–H and O–H groups in total. The van der Waals surface area contributed by atoms with Crippen LogP contribution in [-0.4, -0.2) is 46.9 Å². The molecule has 2 rings (SSSR count). The van der Waals surface area contributed by atoms with Gasteiger partial charge in [-0.2, -0.15) is 5.06 Å². The summed E-state index contributed by atoms with van der Waals surface area (Å²) in [6, 6.07) is -0.107. The first kappa shape index (κ1) is 17.8. The first-order valence-electron chi connectivity index (χ1n) is 8.49. The van der Waals surface area contributed by atoms with E-state index >= 15 is 0 Å². The van der Waals surface area contributed by atoms with E-state index in [-0.39, 0.29) is 29.7 Å². The largest absolute Gasteiger partial charge is 0.342 e. The molecule has 6 heteroatoms. The van der Waals surface area contributed by atoms with Gasteiger partial charge >= 0.3 is 5.97 Å². The Balaban J connectivity index is 1.79. The Morgan fingerprint density at radius 1 is 1.17 bits per heavy atom. The van der Waals surface area contributed by atoms with Crippen molar-refractivity contribution in [2.45, 2.75) is 65.8 Å². The molecule has 0 aromatic carbocycles. The molecule has 130 valence electrons. The molecule has 0 saturated carbocycles. The van der Waals surface area contributed by atoms with Crippen molar-refractivity contribution in [1.82, 2.24) is 9.96 Å². The standard InChI is InChI=1S/C17H28N2O4/c1-12-5-6-14(20)19(12)23-16(22)11-15(21)18-9-7-13(8-10-18)17(2,3)4/h12-13H,5-11H2,1-4H3. The first-order chi connectivity index (χ1) is 10.7. The number of amides is 2. The average Bonchev–Trinajstić information content (AvgIpc) is 2.78. The fourth-order valence-corrected chi connectivity index (χ4v) is 3.32. The van der Waals surface area contributed by atoms with E-state index in [4.69, 9.17) is 4.84 Å². The lowest BCUT2D eigenvalue weighted by molar-refractivity contribution is -0.200. The zero-order chi connectivity index (χ0) is 17.2. The van der Waals surface area contributed by atoms with Crippen molar-refractivity contribution in [3.8, 4) is 0 Å². The van der Waals surface area contributed by atoms with Gasteiger partial charge in [-0.3, -0.25) is 9.59 Å². The highest BCUT2D eigenvalue weighted by Gasteiger charge is 2.33. The number of hydroxylamine groups is 2. The van der Waals surface area contributed by atoms with Gasteiger partial charge in [0, 0.05) is 19.5 Å². The van der Waals surface area contributed by atoms with Crippen molar-refractivity contribution in [1.29, 1.82) is 0 Å². The van der Waals surface area contributed by atoms with Crippen LogP contribution in [0.1, 0.15) is 59.8 Å². The molecule has 0 aromatic heterocycles. The minimum Gasteiger partial charge on any atom is -0.342 e. The van der Waals surface area contributed by atoms with Crippen LogP contribution in [0.2, 0.25) is 0 Å². The SMILES string of the molecule is CC1CCC(=O)N1OC(=O)CC(=O)N1CCC(C(C)(C)C)CC1. The smallest absolute Gasteiger partial charge is 0.341 e. The van der Waals surface area contributed by atoms with Crippen molar-refractivity contribution in [2.75, 3.05) is 13.1 Å². The Kier molecular flexibility index (Phi) is 5.32. The summed E-state index contributed by atoms with van der Waals surface area (Å²) in [5.74, 6) is -0.442. The first-order valence-corrected chi connectivity index (χ1v) is 8.49. The molecule has 6 nitrogen and oxygen atoms in total. The molecular formula is C17H28N2O4. The lowest BCUT2D eigenvalue weighted by Crippen LogP contribution is -2.43. The van der Waals surface area contributed by atoms with Crippen LogP contribution in [0.3, 0.4) is 0 Å². The summed E-state index contributed by atoms with van der Waals surface area (Å²) in [5, 5.41) is 1.11. The van der Waals surface area contributed by atoms with Crippen LogP contribution in [0, 0.1) is 11.3 Å². The molecule has 2 amide bonds. The van der Waals surface area contributed by atoms with E-state index in [1.807, 2.05) is 6.92 Å². The maximum absolute atomic E-state index is 12.2. The molecule has 0 radical (unpaired) electrons. The average molecular weight is 324 g/mol. The number of nitrogens with zero attached hydrogens (tertiary/aromatic N) is 2. The molecule has 0 bridgehead atoms. The number of likely N-dealkylation sites (tertiary alicyclic amines) is 1. The molecule has 0 aromatic rings. The van der Waals surface area contributed by atoms with Crippen molar-refractivity contribution in [2.24, 2.45) is 11.3 Å². The van der Waals surface area contributed by atoms with Crippen LogP contribution in [0.25, 0.3) is 0 Å². The fourth-order valence-electron chi connectivity index (χ4n) is 3.32. The number of hydrogen-bond donors (Lipinski definition) is 0. The van der Waals surface area contributed by atoms with E-state index in [0.717, 1.165) is 17.9 Å². The molecular weight excluding hydrogens is 296 g/mol. The van der Waals surface area contributed by atoms with Crippen LogP contribution in [0.15, 0.2) is 0 Å². The topological polar surface area (TPSA) is 66.9 Å². The second kappa shape index (κ2) is 6.89. The van der Waals surface area contributed by atoms with E-state index in [9.17, 15) is 14.4 Å². The highest BCUT2D eigenvalue weighted by Crippen LogP contribution is 2.34. The number of rotatable bonds is 3. The predicted octanol–water partition coefficient (Wildman–Crippen LogP) is 2.13. The van der Waals surface area contributed by atoms with Crippen molar-refractivity contribution < 1.29 is 19.2 Å². The molecule has 23 heavy (non-hydrogen) atoms. The quantitative estimate of drug-likeness (QED) is 0.746. The third-order valence-corrected chi connectivity index (χ3v) is 4.99. The Labute approximate surface area is 138 Å². The van der Waals surface area contributed by atoms with E-state index in [1.54, 1.807) is 4.90 Å². The zero-order valence-corrected chi connectivity index (χ0v) is 14.6. The Bertz CT molecular complexity index is 475. The van der Waals surface area contributed by atoms with Gasteiger partial charge in [0.2, 0.25) is 5.91 Å². The molecule has 2 saturated heterocycles. The molecule has 0 spiro atoms. The van der Waals surface area contributed by atoms with Crippen LogP contribution < -0.4 is 0 Å². The van der Waals surface area contributed by atoms with Gasteiger partial charge in [-0.15, -0.1) is 0 Å². The lowest BCUT2D eigenvalue weighted by Gasteiger charge is -2.38. The number of carbonyl (C=O) groups excluding carboxylic acids is 3. The van der Waals surface area contributed by atoms with Crippen molar-refractivity contribution in [3.63, 3.8) is 0 Å². The molecule has 2 aliphatic heterocycles. The van der Waals surface area contributed by atoms with Crippen molar-refractivity contribution in [3.05, 3.63) is 0 Å². The van der Waals surface area contributed by atoms with E-state index < -0.39 is 5.97 Å². The summed E-state index contributed by atoms with van der Waals surface area (Å²) < 4.78 is 0. The Morgan fingerprint density at radius 3 is 2.26 bits per heavy atom. The predicted molar refractivity (Wildman–Crippen MR) is 85.0 cm³/mol. The summed E-state index contributed by atoms with van der Waals surface area (Å²) in [5.41, 5.74) is 0.250. The third-order valence-electron chi connectivity index (χ3n) is 4.99. The van der Waals surface area contributed by atoms with Gasteiger partial charge in [0.15, 0.2) is 0 Å². The Hall–Kier alpha value is -1.59. The second-order valence-corrected chi connectivity index (χ2v) is 7.77. The molecule has 1 unspecified atom stereocenters. The second-order valence-electron chi connectivity index (χ2n) is 7.77.